The van der Waals surface area contributed by atoms with Crippen LogP contribution in [0.5, 0.6) is 0 Å². The number of anilines is 1. The van der Waals surface area contributed by atoms with Crippen molar-refractivity contribution < 1.29 is 18.4 Å². The molecule has 0 spiro atoms. The highest BCUT2D eigenvalue weighted by Gasteiger charge is 2.06. The van der Waals surface area contributed by atoms with E-state index in [0.29, 0.717) is 22.3 Å². The van der Waals surface area contributed by atoms with Gasteiger partial charge in [-0.1, -0.05) is 11.8 Å². The molecule has 0 unspecified atom stereocenters. The maximum atomic E-state index is 12.1. The molecule has 4 nitrogen and oxygen atoms in total. The van der Waals surface area contributed by atoms with Gasteiger partial charge in [-0.2, -0.15) is 8.78 Å². The molecule has 0 fully saturated rings. The second kappa shape index (κ2) is 7.73. The Morgan fingerprint density at radius 1 is 1.26 bits per heavy atom. The molecule has 0 bridgehead atoms. The number of thioether (sulfide) groups is 1. The molecule has 1 rings (SSSR count). The molecule has 1 aromatic carbocycles. The zero-order valence-corrected chi connectivity index (χ0v) is 11.1. The van der Waals surface area contributed by atoms with Gasteiger partial charge in [0.1, 0.15) is 0 Å². The predicted octanol–water partition coefficient (Wildman–Crippen LogP) is 2.47. The summed E-state index contributed by atoms with van der Waals surface area (Å²) in [7, 11) is 0. The van der Waals surface area contributed by atoms with Crippen LogP contribution in [-0.2, 0) is 9.59 Å². The molecule has 0 heterocycles. The van der Waals surface area contributed by atoms with E-state index in [2.05, 4.69) is 10.6 Å². The molecule has 19 heavy (non-hydrogen) atoms. The van der Waals surface area contributed by atoms with Crippen LogP contribution >= 0.6 is 11.8 Å². The summed E-state index contributed by atoms with van der Waals surface area (Å²) in [5, 5.41) is 5.12. The summed E-state index contributed by atoms with van der Waals surface area (Å²) in [6, 6.07) is 6.14. The van der Waals surface area contributed by atoms with E-state index >= 15 is 0 Å². The third kappa shape index (κ3) is 6.76. The van der Waals surface area contributed by atoms with Gasteiger partial charge in [0.05, 0.1) is 0 Å². The smallest absolute Gasteiger partial charge is 0.288 e. The maximum absolute atomic E-state index is 12.1. The van der Waals surface area contributed by atoms with Gasteiger partial charge in [0.25, 0.3) is 5.76 Å². The number of hydrogen-bond acceptors (Lipinski definition) is 3. The number of rotatable bonds is 6. The number of benzene rings is 1. The number of nitrogens with one attached hydrogen (secondary N) is 2. The van der Waals surface area contributed by atoms with E-state index in [0.717, 1.165) is 0 Å². The van der Waals surface area contributed by atoms with Gasteiger partial charge in [-0.05, 0) is 24.3 Å². The van der Waals surface area contributed by atoms with Gasteiger partial charge in [-0.15, -0.1) is 0 Å². The lowest BCUT2D eigenvalue weighted by Gasteiger charge is -2.06. The average molecular weight is 288 g/mol. The largest absolute Gasteiger partial charge is 0.356 e. The molecule has 2 N–H and O–H groups in total. The monoisotopic (exact) mass is 288 g/mol. The van der Waals surface area contributed by atoms with Gasteiger partial charge in [0, 0.05) is 30.5 Å². The summed E-state index contributed by atoms with van der Waals surface area (Å²) < 4.78 is 24.2. The standard InChI is InChI=1S/C12H14F2N2O2S/c1-8(17)15-7-6-11(18)16-9-2-4-10(5-3-9)19-12(13)14/h2-5,12H,6-7H2,1H3,(H,15,17)(H,16,18). The first-order valence-corrected chi connectivity index (χ1v) is 6.44. The van der Waals surface area contributed by atoms with Crippen molar-refractivity contribution in [3.8, 4) is 0 Å². The molecule has 2 amide bonds. The maximum Gasteiger partial charge on any atom is 0.288 e. The van der Waals surface area contributed by atoms with Crippen LogP contribution < -0.4 is 10.6 Å². The van der Waals surface area contributed by atoms with Crippen LogP contribution in [0.4, 0.5) is 14.5 Å². The molecule has 1 aromatic rings. The summed E-state index contributed by atoms with van der Waals surface area (Å²) in [5.41, 5.74) is 0.534. The average Bonchev–Trinajstić information content (AvgIpc) is 2.30. The molecule has 0 saturated heterocycles. The first kappa shape index (κ1) is 15.4. The Hall–Kier alpha value is -1.63. The minimum atomic E-state index is -2.46. The van der Waals surface area contributed by atoms with Gasteiger partial charge in [0.2, 0.25) is 11.8 Å². The fourth-order valence-corrected chi connectivity index (χ4v) is 1.79. The van der Waals surface area contributed by atoms with Crippen LogP contribution in [0.1, 0.15) is 13.3 Å². The van der Waals surface area contributed by atoms with E-state index < -0.39 is 5.76 Å². The Kier molecular flexibility index (Phi) is 6.27. The topological polar surface area (TPSA) is 58.2 Å². The number of halogens is 2. The number of carbonyl (C=O) groups excluding carboxylic acids is 2. The van der Waals surface area contributed by atoms with E-state index in [-0.39, 0.29) is 24.8 Å². The zero-order valence-electron chi connectivity index (χ0n) is 10.3. The van der Waals surface area contributed by atoms with Gasteiger partial charge >= 0.3 is 0 Å². The summed E-state index contributed by atoms with van der Waals surface area (Å²) in [4.78, 5) is 22.5. The highest BCUT2D eigenvalue weighted by Crippen LogP contribution is 2.26. The summed E-state index contributed by atoms with van der Waals surface area (Å²) >= 11 is 0.450. The molecule has 0 atom stereocenters. The van der Waals surface area contributed by atoms with Crippen molar-refractivity contribution in [2.45, 2.75) is 24.0 Å². The van der Waals surface area contributed by atoms with Crippen LogP contribution in [0.2, 0.25) is 0 Å². The molecule has 0 aliphatic carbocycles. The minimum absolute atomic E-state index is 0.160. The summed E-state index contributed by atoms with van der Waals surface area (Å²) in [6.07, 6.45) is 0.160. The van der Waals surface area contributed by atoms with E-state index in [1.165, 1.54) is 19.1 Å². The third-order valence-corrected chi connectivity index (χ3v) is 2.81. The Balaban J connectivity index is 2.40. The lowest BCUT2D eigenvalue weighted by molar-refractivity contribution is -0.119. The predicted molar refractivity (Wildman–Crippen MR) is 70.2 cm³/mol. The lowest BCUT2D eigenvalue weighted by atomic mass is 10.3. The Morgan fingerprint density at radius 3 is 2.42 bits per heavy atom. The first-order valence-electron chi connectivity index (χ1n) is 5.56. The number of hydrogen-bond donors (Lipinski definition) is 2. The summed E-state index contributed by atoms with van der Waals surface area (Å²) in [6.45, 7) is 1.64. The van der Waals surface area contributed by atoms with Crippen molar-refractivity contribution in [1.82, 2.24) is 5.32 Å². The summed E-state index contributed by atoms with van der Waals surface area (Å²) in [5.74, 6) is -2.90. The highest BCUT2D eigenvalue weighted by molar-refractivity contribution is 7.99. The van der Waals surface area contributed by atoms with Crippen molar-refractivity contribution in [2.24, 2.45) is 0 Å². The fourth-order valence-electron chi connectivity index (χ4n) is 1.30. The van der Waals surface area contributed by atoms with E-state index in [1.807, 2.05) is 0 Å². The Bertz CT molecular complexity index is 438. The van der Waals surface area contributed by atoms with Crippen molar-refractivity contribution >= 4 is 29.3 Å². The van der Waals surface area contributed by atoms with Crippen molar-refractivity contribution in [3.63, 3.8) is 0 Å². The second-order valence-electron chi connectivity index (χ2n) is 3.68. The third-order valence-electron chi connectivity index (χ3n) is 2.09. The number of alkyl halides is 2. The van der Waals surface area contributed by atoms with Crippen LogP contribution in [0.25, 0.3) is 0 Å². The number of amides is 2. The van der Waals surface area contributed by atoms with Gasteiger partial charge < -0.3 is 10.6 Å². The van der Waals surface area contributed by atoms with E-state index in [9.17, 15) is 18.4 Å². The molecule has 0 aliphatic rings. The Morgan fingerprint density at radius 2 is 1.89 bits per heavy atom. The van der Waals surface area contributed by atoms with Crippen LogP contribution in [0, 0.1) is 0 Å². The van der Waals surface area contributed by atoms with Crippen LogP contribution in [0.3, 0.4) is 0 Å². The molecule has 0 aromatic heterocycles. The molecule has 0 saturated carbocycles. The van der Waals surface area contributed by atoms with Crippen LogP contribution in [0.15, 0.2) is 29.2 Å². The van der Waals surface area contributed by atoms with Gasteiger partial charge in [0.15, 0.2) is 0 Å². The lowest BCUT2D eigenvalue weighted by Crippen LogP contribution is -2.25. The molecular formula is C12H14F2N2O2S. The SMILES string of the molecule is CC(=O)NCCC(=O)Nc1ccc(SC(F)F)cc1. The first-order chi connectivity index (χ1) is 8.97. The van der Waals surface area contributed by atoms with Crippen LogP contribution in [-0.4, -0.2) is 24.1 Å². The van der Waals surface area contributed by atoms with Crippen molar-refractivity contribution in [2.75, 3.05) is 11.9 Å². The molecule has 0 radical (unpaired) electrons. The van der Waals surface area contributed by atoms with E-state index in [4.69, 9.17) is 0 Å². The number of carbonyl (C=O) groups is 2. The second-order valence-corrected chi connectivity index (χ2v) is 4.75. The van der Waals surface area contributed by atoms with Crippen molar-refractivity contribution in [1.29, 1.82) is 0 Å². The molecule has 0 aliphatic heterocycles. The highest BCUT2D eigenvalue weighted by atomic mass is 32.2. The minimum Gasteiger partial charge on any atom is -0.356 e. The molecular weight excluding hydrogens is 274 g/mol. The molecule has 104 valence electrons. The quantitative estimate of drug-likeness (QED) is 0.791. The van der Waals surface area contributed by atoms with E-state index in [1.54, 1.807) is 12.1 Å². The van der Waals surface area contributed by atoms with Gasteiger partial charge in [-0.3, -0.25) is 9.59 Å². The normalized spacial score (nSPS) is 10.3. The van der Waals surface area contributed by atoms with Crippen molar-refractivity contribution in [3.05, 3.63) is 24.3 Å². The fraction of sp³-hybridized carbons (Fsp3) is 0.333. The Labute approximate surface area is 113 Å². The zero-order chi connectivity index (χ0) is 14.3. The van der Waals surface area contributed by atoms with Gasteiger partial charge in [-0.25, -0.2) is 0 Å². The molecule has 7 heteroatoms.